The fourth-order valence-corrected chi connectivity index (χ4v) is 3.80. The largest absolute Gasteiger partial charge is 0.497 e. The van der Waals surface area contributed by atoms with Crippen molar-refractivity contribution in [2.45, 2.75) is 38.3 Å². The lowest BCUT2D eigenvalue weighted by Crippen LogP contribution is -2.48. The first kappa shape index (κ1) is 18.7. The molecule has 28 heavy (non-hydrogen) atoms. The number of nitrogens with one attached hydrogen (secondary N) is 1. The smallest absolute Gasteiger partial charge is 0.225 e. The van der Waals surface area contributed by atoms with Crippen LogP contribution in [0.2, 0.25) is 0 Å². The number of fused-ring (bicyclic) bond motifs is 1. The Morgan fingerprint density at radius 3 is 3.25 bits per heavy atom. The second-order valence-electron chi connectivity index (χ2n) is 7.33. The van der Waals surface area contributed by atoms with Gasteiger partial charge in [0.05, 0.1) is 32.4 Å². The van der Waals surface area contributed by atoms with Crippen LogP contribution in [0.3, 0.4) is 0 Å². The van der Waals surface area contributed by atoms with E-state index in [1.165, 1.54) is 0 Å². The molecule has 7 nitrogen and oxygen atoms in total. The molecule has 1 amide bonds. The lowest BCUT2D eigenvalue weighted by atomic mass is 10.0. The second kappa shape index (κ2) is 8.56. The molecule has 1 N–H and O–H groups in total. The SMILES string of the molecule is COc1cccc(CC(=O)N[C@@H]2CCCN(c3ncc4c(n3)CCOC4)C2)c1. The van der Waals surface area contributed by atoms with Crippen molar-refractivity contribution in [2.24, 2.45) is 0 Å². The highest BCUT2D eigenvalue weighted by molar-refractivity contribution is 5.79. The molecule has 0 radical (unpaired) electrons. The Kier molecular flexibility index (Phi) is 5.71. The minimum absolute atomic E-state index is 0.0311. The number of nitrogens with zero attached hydrogens (tertiary/aromatic N) is 3. The van der Waals surface area contributed by atoms with Gasteiger partial charge in [-0.1, -0.05) is 12.1 Å². The maximum Gasteiger partial charge on any atom is 0.225 e. The average molecular weight is 382 g/mol. The number of ether oxygens (including phenoxy) is 2. The summed E-state index contributed by atoms with van der Waals surface area (Å²) in [5.41, 5.74) is 3.11. The molecule has 1 aromatic heterocycles. The van der Waals surface area contributed by atoms with Crippen molar-refractivity contribution < 1.29 is 14.3 Å². The molecule has 0 aliphatic carbocycles. The fourth-order valence-electron chi connectivity index (χ4n) is 3.80. The van der Waals surface area contributed by atoms with Crippen LogP contribution in [0.5, 0.6) is 5.75 Å². The van der Waals surface area contributed by atoms with Gasteiger partial charge >= 0.3 is 0 Å². The number of aromatic nitrogens is 2. The summed E-state index contributed by atoms with van der Waals surface area (Å²) in [7, 11) is 1.63. The van der Waals surface area contributed by atoms with E-state index < -0.39 is 0 Å². The van der Waals surface area contributed by atoms with E-state index in [0.29, 0.717) is 19.6 Å². The molecule has 1 fully saturated rings. The van der Waals surface area contributed by atoms with E-state index in [0.717, 1.165) is 60.9 Å². The predicted molar refractivity (Wildman–Crippen MR) is 105 cm³/mol. The summed E-state index contributed by atoms with van der Waals surface area (Å²) in [5, 5.41) is 3.17. The molecule has 2 aliphatic heterocycles. The number of hydrogen-bond donors (Lipinski definition) is 1. The van der Waals surface area contributed by atoms with Gasteiger partial charge in [-0.3, -0.25) is 4.79 Å². The zero-order valence-corrected chi connectivity index (χ0v) is 16.2. The highest BCUT2D eigenvalue weighted by Crippen LogP contribution is 2.20. The molecule has 1 aromatic carbocycles. The fraction of sp³-hybridized carbons (Fsp3) is 0.476. The number of rotatable bonds is 5. The van der Waals surface area contributed by atoms with Crippen LogP contribution in [0.25, 0.3) is 0 Å². The van der Waals surface area contributed by atoms with Gasteiger partial charge in [-0.25, -0.2) is 9.97 Å². The van der Waals surface area contributed by atoms with Crippen LogP contribution in [0.15, 0.2) is 30.5 Å². The van der Waals surface area contributed by atoms with Gasteiger partial charge in [0.25, 0.3) is 0 Å². The Labute approximate surface area is 165 Å². The second-order valence-corrected chi connectivity index (χ2v) is 7.33. The predicted octanol–water partition coefficient (Wildman–Crippen LogP) is 1.89. The van der Waals surface area contributed by atoms with E-state index >= 15 is 0 Å². The van der Waals surface area contributed by atoms with Crippen molar-refractivity contribution in [3.05, 3.63) is 47.3 Å². The standard InChI is InChI=1S/C21H26N4O3/c1-27-18-6-2-4-15(10-18)11-20(26)23-17-5-3-8-25(13-17)21-22-12-16-14-28-9-7-19(16)24-21/h2,4,6,10,12,17H,3,5,7-9,11,13-14H2,1H3,(H,23,26)/t17-/m1/s1. The van der Waals surface area contributed by atoms with Crippen LogP contribution < -0.4 is 15.0 Å². The number of amides is 1. The number of hydrogen-bond acceptors (Lipinski definition) is 6. The van der Waals surface area contributed by atoms with Crippen LogP contribution in [0.4, 0.5) is 5.95 Å². The van der Waals surface area contributed by atoms with Crippen molar-refractivity contribution in [1.29, 1.82) is 0 Å². The third kappa shape index (κ3) is 4.42. The van der Waals surface area contributed by atoms with E-state index in [-0.39, 0.29) is 11.9 Å². The summed E-state index contributed by atoms with van der Waals surface area (Å²) in [4.78, 5) is 23.9. The minimum atomic E-state index is 0.0311. The summed E-state index contributed by atoms with van der Waals surface area (Å²) in [6.45, 7) is 2.96. The Morgan fingerprint density at radius 1 is 1.43 bits per heavy atom. The van der Waals surface area contributed by atoms with E-state index in [9.17, 15) is 4.79 Å². The number of methoxy groups -OCH3 is 1. The molecule has 0 saturated carbocycles. The molecule has 2 aromatic rings. The number of benzene rings is 1. The quantitative estimate of drug-likeness (QED) is 0.851. The highest BCUT2D eigenvalue weighted by Gasteiger charge is 2.24. The lowest BCUT2D eigenvalue weighted by molar-refractivity contribution is -0.121. The topological polar surface area (TPSA) is 76.6 Å². The molecule has 1 atom stereocenters. The first-order valence-corrected chi connectivity index (χ1v) is 9.81. The number of carbonyl (C=O) groups excluding carboxylic acids is 1. The van der Waals surface area contributed by atoms with Crippen LogP contribution in [-0.2, 0) is 29.0 Å². The van der Waals surface area contributed by atoms with E-state index in [2.05, 4.69) is 15.2 Å². The Hall–Kier alpha value is -2.67. The maximum absolute atomic E-state index is 12.5. The van der Waals surface area contributed by atoms with Crippen LogP contribution >= 0.6 is 0 Å². The van der Waals surface area contributed by atoms with Crippen molar-refractivity contribution in [3.8, 4) is 5.75 Å². The Balaban J connectivity index is 1.36. The molecular formula is C21H26N4O3. The van der Waals surface area contributed by atoms with Gasteiger partial charge < -0.3 is 19.7 Å². The van der Waals surface area contributed by atoms with Crippen molar-refractivity contribution in [1.82, 2.24) is 15.3 Å². The van der Waals surface area contributed by atoms with Gasteiger partial charge in [0.2, 0.25) is 11.9 Å². The summed E-state index contributed by atoms with van der Waals surface area (Å²) >= 11 is 0. The zero-order chi connectivity index (χ0) is 19.3. The molecule has 4 rings (SSSR count). The average Bonchev–Trinajstić information content (AvgIpc) is 2.73. The van der Waals surface area contributed by atoms with Crippen LogP contribution in [0, 0.1) is 0 Å². The molecule has 2 aliphatic rings. The number of anilines is 1. The van der Waals surface area contributed by atoms with Crippen molar-refractivity contribution >= 4 is 11.9 Å². The number of piperidine rings is 1. The monoisotopic (exact) mass is 382 g/mol. The molecule has 0 spiro atoms. The normalized spacial score (nSPS) is 19.0. The van der Waals surface area contributed by atoms with Gasteiger partial charge in [-0.2, -0.15) is 0 Å². The summed E-state index contributed by atoms with van der Waals surface area (Å²) in [6.07, 6.45) is 5.04. The van der Waals surface area contributed by atoms with E-state index in [1.807, 2.05) is 30.5 Å². The zero-order valence-electron chi connectivity index (χ0n) is 16.2. The van der Waals surface area contributed by atoms with Gasteiger partial charge in [-0.05, 0) is 30.5 Å². The van der Waals surface area contributed by atoms with Crippen LogP contribution in [0.1, 0.15) is 29.7 Å². The molecule has 1 saturated heterocycles. The van der Waals surface area contributed by atoms with Crippen molar-refractivity contribution in [2.75, 3.05) is 31.7 Å². The molecule has 148 valence electrons. The first-order chi connectivity index (χ1) is 13.7. The maximum atomic E-state index is 12.5. The minimum Gasteiger partial charge on any atom is -0.497 e. The van der Waals surface area contributed by atoms with Gasteiger partial charge in [0.15, 0.2) is 0 Å². The molecular weight excluding hydrogens is 356 g/mol. The molecule has 7 heteroatoms. The lowest BCUT2D eigenvalue weighted by Gasteiger charge is -2.33. The summed E-state index contributed by atoms with van der Waals surface area (Å²) in [6, 6.07) is 7.74. The Bertz CT molecular complexity index is 842. The summed E-state index contributed by atoms with van der Waals surface area (Å²) in [5.74, 6) is 1.56. The highest BCUT2D eigenvalue weighted by atomic mass is 16.5. The molecule has 0 bridgehead atoms. The van der Waals surface area contributed by atoms with Gasteiger partial charge in [0, 0.05) is 37.3 Å². The van der Waals surface area contributed by atoms with E-state index in [4.69, 9.17) is 14.5 Å². The van der Waals surface area contributed by atoms with E-state index in [1.54, 1.807) is 7.11 Å². The molecule has 0 unspecified atom stereocenters. The first-order valence-electron chi connectivity index (χ1n) is 9.81. The van der Waals surface area contributed by atoms with Gasteiger partial charge in [-0.15, -0.1) is 0 Å². The Morgan fingerprint density at radius 2 is 2.36 bits per heavy atom. The third-order valence-electron chi connectivity index (χ3n) is 5.25. The third-order valence-corrected chi connectivity index (χ3v) is 5.25. The number of carbonyl (C=O) groups is 1. The van der Waals surface area contributed by atoms with Gasteiger partial charge in [0.1, 0.15) is 5.75 Å². The van der Waals surface area contributed by atoms with Crippen molar-refractivity contribution in [3.63, 3.8) is 0 Å². The summed E-state index contributed by atoms with van der Waals surface area (Å²) < 4.78 is 10.7. The van der Waals surface area contributed by atoms with Crippen LogP contribution in [-0.4, -0.2) is 48.7 Å². The molecule has 3 heterocycles.